The Hall–Kier alpha value is -1.89. The largest absolute Gasteiger partial charge is 0.378 e. The van der Waals surface area contributed by atoms with Crippen LogP contribution in [0.5, 0.6) is 0 Å². The average Bonchev–Trinajstić information content (AvgIpc) is 3.11. The van der Waals surface area contributed by atoms with Crippen LogP contribution in [0.1, 0.15) is 33.6 Å². The third-order valence-corrected chi connectivity index (χ3v) is 6.47. The zero-order valence-corrected chi connectivity index (χ0v) is 16.7. The smallest absolute Gasteiger partial charge is 0.264 e. The lowest BCUT2D eigenvalue weighted by Gasteiger charge is -2.32. The third kappa shape index (κ3) is 3.74. The number of morpholine rings is 1. The van der Waals surface area contributed by atoms with Gasteiger partial charge < -0.3 is 14.5 Å². The summed E-state index contributed by atoms with van der Waals surface area (Å²) in [6, 6.07) is 9.90. The second-order valence-electron chi connectivity index (χ2n) is 6.96. The fourth-order valence-electron chi connectivity index (χ4n) is 3.69. The number of amides is 1. The van der Waals surface area contributed by atoms with Crippen LogP contribution in [0.15, 0.2) is 30.3 Å². The van der Waals surface area contributed by atoms with Gasteiger partial charge in [0.15, 0.2) is 0 Å². The second kappa shape index (κ2) is 7.62. The van der Waals surface area contributed by atoms with Crippen molar-refractivity contribution in [3.8, 4) is 0 Å². The van der Waals surface area contributed by atoms with Gasteiger partial charge in [-0.25, -0.2) is 0 Å². The van der Waals surface area contributed by atoms with Crippen molar-refractivity contribution in [2.24, 2.45) is 0 Å². The number of carbonyl (C=O) groups is 2. The number of hydrogen-bond donors (Lipinski definition) is 0. The van der Waals surface area contributed by atoms with E-state index in [2.05, 4.69) is 11.0 Å². The van der Waals surface area contributed by atoms with Crippen LogP contribution in [0, 0.1) is 0 Å². The van der Waals surface area contributed by atoms with Gasteiger partial charge in [-0.15, -0.1) is 11.3 Å². The number of Topliss-reactive ketones (excluding diaryl/α,β-unsaturated/α-hetero) is 1. The Morgan fingerprint density at radius 1 is 1.26 bits per heavy atom. The Morgan fingerprint density at radius 2 is 1.96 bits per heavy atom. The zero-order chi connectivity index (χ0) is 19.0. The molecule has 5 nitrogen and oxygen atoms in total. The highest BCUT2D eigenvalue weighted by atomic mass is 35.5. The first kappa shape index (κ1) is 18.5. The predicted octanol–water partition coefficient (Wildman–Crippen LogP) is 3.41. The molecule has 0 radical (unpaired) electrons. The average molecular weight is 405 g/mol. The summed E-state index contributed by atoms with van der Waals surface area (Å²) < 4.78 is 5.44. The summed E-state index contributed by atoms with van der Waals surface area (Å²) in [4.78, 5) is 29.4. The normalized spacial score (nSPS) is 19.9. The summed E-state index contributed by atoms with van der Waals surface area (Å²) in [5, 5.41) is 1.78. The van der Waals surface area contributed by atoms with Crippen molar-refractivity contribution < 1.29 is 14.3 Å². The fraction of sp³-hybridized carbons (Fsp3) is 0.400. The number of hydrogen-bond acceptors (Lipinski definition) is 5. The Kier molecular flexibility index (Phi) is 5.21. The van der Waals surface area contributed by atoms with E-state index in [4.69, 9.17) is 16.3 Å². The van der Waals surface area contributed by atoms with Gasteiger partial charge in [0.2, 0.25) is 0 Å². The molecule has 27 heavy (non-hydrogen) atoms. The molecule has 1 aromatic heterocycles. The van der Waals surface area contributed by atoms with E-state index in [1.807, 2.05) is 24.3 Å². The monoisotopic (exact) mass is 404 g/mol. The summed E-state index contributed by atoms with van der Waals surface area (Å²) in [7, 11) is 0. The molecule has 1 unspecified atom stereocenters. The van der Waals surface area contributed by atoms with Crippen LogP contribution in [-0.2, 0) is 9.53 Å². The number of anilines is 1. The number of thiophene rings is 1. The fourth-order valence-corrected chi connectivity index (χ4v) is 5.06. The Bertz CT molecular complexity index is 859. The van der Waals surface area contributed by atoms with Gasteiger partial charge in [0, 0.05) is 30.6 Å². The van der Waals surface area contributed by atoms with E-state index in [0.717, 1.165) is 34.1 Å². The molecule has 0 spiro atoms. The number of benzene rings is 1. The molecule has 3 heterocycles. The van der Waals surface area contributed by atoms with Gasteiger partial charge in [-0.3, -0.25) is 9.59 Å². The molecule has 142 valence electrons. The Morgan fingerprint density at radius 3 is 2.63 bits per heavy atom. The SMILES string of the molecule is CC(=O)CN1CC(c2ccc(Cl)cc2)c2cc(N3CCOCC3)sc2C1=O. The van der Waals surface area contributed by atoms with Crippen LogP contribution < -0.4 is 4.90 Å². The second-order valence-corrected chi connectivity index (χ2v) is 8.43. The maximum Gasteiger partial charge on any atom is 0.264 e. The molecule has 2 aliphatic heterocycles. The molecule has 1 fully saturated rings. The van der Waals surface area contributed by atoms with Crippen LogP contribution >= 0.6 is 22.9 Å². The van der Waals surface area contributed by atoms with E-state index in [1.165, 1.54) is 18.3 Å². The molecule has 1 aromatic carbocycles. The van der Waals surface area contributed by atoms with Gasteiger partial charge in [-0.05, 0) is 36.2 Å². The van der Waals surface area contributed by atoms with Gasteiger partial charge in [0.05, 0.1) is 29.6 Å². The first-order valence-corrected chi connectivity index (χ1v) is 10.2. The molecule has 0 bridgehead atoms. The van der Waals surface area contributed by atoms with E-state index < -0.39 is 0 Å². The maximum absolute atomic E-state index is 13.0. The number of nitrogens with zero attached hydrogens (tertiary/aromatic N) is 2. The highest BCUT2D eigenvalue weighted by Gasteiger charge is 2.35. The van der Waals surface area contributed by atoms with Crippen molar-refractivity contribution in [3.05, 3.63) is 51.4 Å². The summed E-state index contributed by atoms with van der Waals surface area (Å²) in [6.07, 6.45) is 0. The van der Waals surface area contributed by atoms with Crippen LogP contribution in [-0.4, -0.2) is 56.0 Å². The predicted molar refractivity (Wildman–Crippen MR) is 107 cm³/mol. The Balaban J connectivity index is 1.74. The minimum atomic E-state index is -0.0464. The van der Waals surface area contributed by atoms with E-state index in [-0.39, 0.29) is 24.2 Å². The van der Waals surface area contributed by atoms with Crippen molar-refractivity contribution in [3.63, 3.8) is 0 Å². The number of fused-ring (bicyclic) bond motifs is 1. The first-order valence-electron chi connectivity index (χ1n) is 9.03. The molecule has 1 atom stereocenters. The van der Waals surface area contributed by atoms with Crippen LogP contribution in [0.2, 0.25) is 5.02 Å². The van der Waals surface area contributed by atoms with Crippen LogP contribution in [0.3, 0.4) is 0 Å². The van der Waals surface area contributed by atoms with Crippen LogP contribution in [0.25, 0.3) is 0 Å². The number of carbonyl (C=O) groups excluding carboxylic acids is 2. The topological polar surface area (TPSA) is 49.9 Å². The Labute approximate surface area is 167 Å². The van der Waals surface area contributed by atoms with Crippen molar-refractivity contribution in [2.45, 2.75) is 12.8 Å². The van der Waals surface area contributed by atoms with Gasteiger partial charge in [0.1, 0.15) is 5.78 Å². The number of ketones is 1. The van der Waals surface area contributed by atoms with Gasteiger partial charge >= 0.3 is 0 Å². The van der Waals surface area contributed by atoms with Crippen molar-refractivity contribution in [1.82, 2.24) is 4.90 Å². The summed E-state index contributed by atoms with van der Waals surface area (Å²) in [5.74, 6) is -0.0121. The number of ether oxygens (including phenoxy) is 1. The summed E-state index contributed by atoms with van der Waals surface area (Å²) in [6.45, 7) is 5.24. The van der Waals surface area contributed by atoms with Gasteiger partial charge in [0.25, 0.3) is 5.91 Å². The summed E-state index contributed by atoms with van der Waals surface area (Å²) >= 11 is 7.58. The molecule has 2 aliphatic rings. The molecular formula is C20H21ClN2O3S. The lowest BCUT2D eigenvalue weighted by atomic mass is 9.88. The van der Waals surface area contributed by atoms with E-state index in [0.29, 0.717) is 24.8 Å². The molecule has 1 amide bonds. The van der Waals surface area contributed by atoms with Crippen molar-refractivity contribution >= 4 is 39.6 Å². The molecule has 1 saturated heterocycles. The van der Waals surface area contributed by atoms with Crippen molar-refractivity contribution in [1.29, 1.82) is 0 Å². The molecule has 0 N–H and O–H groups in total. The minimum Gasteiger partial charge on any atom is -0.378 e. The quantitative estimate of drug-likeness (QED) is 0.783. The lowest BCUT2D eigenvalue weighted by Crippen LogP contribution is -2.41. The van der Waals surface area contributed by atoms with Crippen molar-refractivity contribution in [2.75, 3.05) is 44.3 Å². The molecule has 7 heteroatoms. The van der Waals surface area contributed by atoms with Gasteiger partial charge in [-0.2, -0.15) is 0 Å². The maximum atomic E-state index is 13.0. The molecule has 0 saturated carbocycles. The zero-order valence-electron chi connectivity index (χ0n) is 15.1. The molecule has 4 rings (SSSR count). The number of rotatable bonds is 4. The first-order chi connectivity index (χ1) is 13.0. The highest BCUT2D eigenvalue weighted by Crippen LogP contribution is 2.42. The summed E-state index contributed by atoms with van der Waals surface area (Å²) in [5.41, 5.74) is 2.15. The third-order valence-electron chi connectivity index (χ3n) is 5.02. The van der Waals surface area contributed by atoms with Gasteiger partial charge in [-0.1, -0.05) is 23.7 Å². The van der Waals surface area contributed by atoms with E-state index >= 15 is 0 Å². The highest BCUT2D eigenvalue weighted by molar-refractivity contribution is 7.18. The minimum absolute atomic E-state index is 0.00776. The van der Waals surface area contributed by atoms with E-state index in [9.17, 15) is 9.59 Å². The number of halogens is 1. The molecule has 0 aliphatic carbocycles. The standard InChI is InChI=1S/C20H21ClN2O3S/c1-13(24)11-23-12-17(14-2-4-15(21)5-3-14)16-10-18(27-19(16)20(23)25)22-6-8-26-9-7-22/h2-5,10,17H,6-9,11-12H2,1H3. The lowest BCUT2D eigenvalue weighted by molar-refractivity contribution is -0.117. The van der Waals surface area contributed by atoms with Crippen LogP contribution in [0.4, 0.5) is 5.00 Å². The molecule has 2 aromatic rings. The van der Waals surface area contributed by atoms with E-state index in [1.54, 1.807) is 4.90 Å². The molecular weight excluding hydrogens is 384 g/mol.